The SMILES string of the molecule is C[C@@H](O)[C@H]1C(=O)N2C(C(=O)[O-])=C(SC3CCn4c[n+](Cc5ccccc5)cc43)S[C@H]12. The van der Waals surface area contributed by atoms with Gasteiger partial charge in [0, 0.05) is 6.42 Å². The highest BCUT2D eigenvalue weighted by Crippen LogP contribution is 2.57. The molecule has 4 heterocycles. The van der Waals surface area contributed by atoms with Crippen molar-refractivity contribution < 1.29 is 24.4 Å². The van der Waals surface area contributed by atoms with Gasteiger partial charge in [-0.2, -0.15) is 0 Å². The number of nitrogens with zero attached hydrogens (tertiary/aromatic N) is 3. The Morgan fingerprint density at radius 2 is 2.17 bits per heavy atom. The molecule has 1 N–H and O–H groups in total. The lowest BCUT2D eigenvalue weighted by Crippen LogP contribution is -2.61. The number of imidazole rings is 1. The molecule has 1 unspecified atom stereocenters. The molecule has 0 saturated carbocycles. The number of aryl methyl sites for hydroxylation is 1. The highest BCUT2D eigenvalue weighted by atomic mass is 32.2. The van der Waals surface area contributed by atoms with E-state index in [1.165, 1.54) is 34.0 Å². The summed E-state index contributed by atoms with van der Waals surface area (Å²) in [5.74, 6) is -2.24. The van der Waals surface area contributed by atoms with E-state index in [-0.39, 0.29) is 22.2 Å². The molecule has 0 spiro atoms. The van der Waals surface area contributed by atoms with Crippen LogP contribution < -0.4 is 9.67 Å². The lowest BCUT2D eigenvalue weighted by molar-refractivity contribution is -0.688. The van der Waals surface area contributed by atoms with Gasteiger partial charge in [0.15, 0.2) is 5.69 Å². The zero-order chi connectivity index (χ0) is 21.0. The number of carbonyl (C=O) groups excluding carboxylic acids is 2. The lowest BCUT2D eigenvalue weighted by atomic mass is 9.92. The Hall–Kier alpha value is -2.23. The van der Waals surface area contributed by atoms with E-state index in [0.29, 0.717) is 4.24 Å². The molecule has 1 amide bonds. The van der Waals surface area contributed by atoms with Crippen molar-refractivity contribution in [3.05, 3.63) is 64.0 Å². The van der Waals surface area contributed by atoms with Gasteiger partial charge in [0.1, 0.15) is 18.1 Å². The van der Waals surface area contributed by atoms with E-state index >= 15 is 0 Å². The van der Waals surface area contributed by atoms with E-state index < -0.39 is 18.0 Å². The van der Waals surface area contributed by atoms with Crippen LogP contribution in [0.5, 0.6) is 0 Å². The molecule has 1 aromatic heterocycles. The van der Waals surface area contributed by atoms with Gasteiger partial charge in [-0.05, 0) is 12.5 Å². The summed E-state index contributed by atoms with van der Waals surface area (Å²) in [6.45, 7) is 3.22. The van der Waals surface area contributed by atoms with Gasteiger partial charge >= 0.3 is 0 Å². The van der Waals surface area contributed by atoms with E-state index in [1.807, 2.05) is 18.2 Å². The Kier molecular flexibility index (Phi) is 4.91. The van der Waals surface area contributed by atoms with Crippen LogP contribution in [0.3, 0.4) is 0 Å². The first-order valence-electron chi connectivity index (χ1n) is 9.87. The van der Waals surface area contributed by atoms with Crippen molar-refractivity contribution in [3.8, 4) is 0 Å². The van der Waals surface area contributed by atoms with Gasteiger partial charge in [-0.1, -0.05) is 42.1 Å². The summed E-state index contributed by atoms with van der Waals surface area (Å²) in [4.78, 5) is 25.4. The molecule has 0 aliphatic carbocycles. The second-order valence-corrected chi connectivity index (χ2v) is 10.4. The molecule has 5 rings (SSSR count). The molecule has 0 radical (unpaired) electrons. The predicted octanol–water partition coefficient (Wildman–Crippen LogP) is 0.833. The number of hydrogen-bond donors (Lipinski definition) is 1. The minimum Gasteiger partial charge on any atom is -0.543 e. The number of amides is 1. The molecule has 0 bridgehead atoms. The first-order chi connectivity index (χ1) is 14.4. The number of aliphatic carboxylic acids is 1. The number of aromatic nitrogens is 2. The Morgan fingerprint density at radius 1 is 1.40 bits per heavy atom. The average Bonchev–Trinajstić information content (AvgIpc) is 3.35. The Labute approximate surface area is 182 Å². The van der Waals surface area contributed by atoms with Gasteiger partial charge < -0.3 is 15.0 Å². The number of carboxylic acid groups (broad SMARTS) is 1. The number of fused-ring (bicyclic) bond motifs is 2. The van der Waals surface area contributed by atoms with Crippen LogP contribution in [-0.2, 0) is 22.7 Å². The molecule has 4 atom stereocenters. The molecule has 2 aromatic rings. The first-order valence-corrected chi connectivity index (χ1v) is 11.6. The minimum atomic E-state index is -1.34. The van der Waals surface area contributed by atoms with E-state index in [2.05, 4.69) is 33.8 Å². The summed E-state index contributed by atoms with van der Waals surface area (Å²) in [6, 6.07) is 10.2. The van der Waals surface area contributed by atoms with Crippen LogP contribution in [0.25, 0.3) is 0 Å². The average molecular weight is 444 g/mol. The summed E-state index contributed by atoms with van der Waals surface area (Å²) < 4.78 is 4.96. The Morgan fingerprint density at radius 3 is 2.87 bits per heavy atom. The summed E-state index contributed by atoms with van der Waals surface area (Å²) in [5.41, 5.74) is 2.32. The quantitative estimate of drug-likeness (QED) is 0.526. The molecule has 1 fully saturated rings. The van der Waals surface area contributed by atoms with Crippen molar-refractivity contribution >= 4 is 35.4 Å². The molecule has 1 aromatic carbocycles. The molecule has 30 heavy (non-hydrogen) atoms. The summed E-state index contributed by atoms with van der Waals surface area (Å²) in [6.07, 6.45) is 4.31. The normalized spacial score (nSPS) is 25.9. The van der Waals surface area contributed by atoms with Crippen LogP contribution in [0.15, 0.2) is 52.8 Å². The highest BCUT2D eigenvalue weighted by Gasteiger charge is 2.56. The maximum atomic E-state index is 12.4. The van der Waals surface area contributed by atoms with Crippen LogP contribution in [0.2, 0.25) is 0 Å². The number of hydrogen-bond acceptors (Lipinski definition) is 6. The van der Waals surface area contributed by atoms with Gasteiger partial charge in [0.05, 0.1) is 39.7 Å². The maximum Gasteiger partial charge on any atom is 0.244 e. The van der Waals surface area contributed by atoms with Crippen molar-refractivity contribution in [1.82, 2.24) is 9.47 Å². The molecular formula is C21H21N3O4S2. The second-order valence-electron chi connectivity index (χ2n) is 7.82. The fraction of sp³-hybridized carbons (Fsp3) is 0.381. The third kappa shape index (κ3) is 3.16. The molecule has 9 heteroatoms. The fourth-order valence-corrected chi connectivity index (χ4v) is 7.61. The minimum absolute atomic E-state index is 0.0425. The Bertz CT molecular complexity index is 1050. The maximum absolute atomic E-state index is 12.4. The fourth-order valence-electron chi connectivity index (χ4n) is 4.34. The zero-order valence-corrected chi connectivity index (χ0v) is 17.9. The van der Waals surface area contributed by atoms with Gasteiger partial charge in [-0.15, -0.1) is 11.8 Å². The van der Waals surface area contributed by atoms with E-state index in [9.17, 15) is 19.8 Å². The third-order valence-corrected chi connectivity index (χ3v) is 8.70. The van der Waals surface area contributed by atoms with Crippen molar-refractivity contribution in [3.63, 3.8) is 0 Å². The van der Waals surface area contributed by atoms with Crippen molar-refractivity contribution in [2.75, 3.05) is 0 Å². The van der Waals surface area contributed by atoms with Crippen LogP contribution in [0.4, 0.5) is 0 Å². The molecule has 3 aliphatic heterocycles. The van der Waals surface area contributed by atoms with Gasteiger partial charge in [0.2, 0.25) is 12.2 Å². The van der Waals surface area contributed by atoms with E-state index in [0.717, 1.165) is 25.2 Å². The lowest BCUT2D eigenvalue weighted by Gasteiger charge is -2.44. The summed E-state index contributed by atoms with van der Waals surface area (Å²) in [7, 11) is 0. The molecule has 3 aliphatic rings. The van der Waals surface area contributed by atoms with Crippen LogP contribution >= 0.6 is 23.5 Å². The molecule has 156 valence electrons. The number of thioether (sulfide) groups is 2. The highest BCUT2D eigenvalue weighted by molar-refractivity contribution is 8.22. The van der Waals surface area contributed by atoms with Gasteiger partial charge in [-0.25, -0.2) is 9.13 Å². The van der Waals surface area contributed by atoms with E-state index in [1.54, 1.807) is 6.92 Å². The number of β-lactam (4-membered cyclic amide) rings is 1. The standard InChI is InChI=1S/C21H21N3O4S2/c1-12(25)16-18(26)24-17(20(27)28)21(30-19(16)24)29-15-7-8-23-11-22(10-14(15)23)9-13-5-3-2-4-6-13/h2-6,10-12,15-16,19,25H,7-9H2,1H3/t12-,15?,16+,19-/m1/s1. The second kappa shape index (κ2) is 7.47. The number of aliphatic hydroxyl groups excluding tert-OH is 1. The van der Waals surface area contributed by atoms with Crippen LogP contribution in [0.1, 0.15) is 29.9 Å². The monoisotopic (exact) mass is 443 g/mol. The number of carbonyl (C=O) groups is 2. The van der Waals surface area contributed by atoms with Crippen LogP contribution in [0, 0.1) is 5.92 Å². The van der Waals surface area contributed by atoms with Gasteiger partial charge in [0.25, 0.3) is 0 Å². The smallest absolute Gasteiger partial charge is 0.244 e. The van der Waals surface area contributed by atoms with Crippen molar-refractivity contribution in [2.24, 2.45) is 5.92 Å². The summed E-state index contributed by atoms with van der Waals surface area (Å²) >= 11 is 2.85. The van der Waals surface area contributed by atoms with Crippen molar-refractivity contribution in [2.45, 2.75) is 43.2 Å². The Balaban J connectivity index is 1.36. The molecule has 1 saturated heterocycles. The number of rotatable bonds is 6. The van der Waals surface area contributed by atoms with E-state index in [4.69, 9.17) is 0 Å². The summed E-state index contributed by atoms with van der Waals surface area (Å²) in [5, 5.41) is 21.4. The first kappa shape index (κ1) is 19.7. The molecule has 7 nitrogen and oxygen atoms in total. The van der Waals surface area contributed by atoms with Gasteiger partial charge in [-0.3, -0.25) is 9.69 Å². The van der Waals surface area contributed by atoms with Crippen molar-refractivity contribution in [1.29, 1.82) is 0 Å². The largest absolute Gasteiger partial charge is 0.543 e. The molecular weight excluding hydrogens is 422 g/mol. The van der Waals surface area contributed by atoms with Crippen LogP contribution in [-0.4, -0.2) is 37.9 Å². The predicted molar refractivity (Wildman–Crippen MR) is 111 cm³/mol. The third-order valence-electron chi connectivity index (χ3n) is 5.80. The number of carboxylic acids is 1. The zero-order valence-electron chi connectivity index (χ0n) is 16.3. The topological polar surface area (TPSA) is 89.5 Å². The number of aliphatic hydroxyl groups is 1. The number of benzene rings is 1.